The van der Waals surface area contributed by atoms with Crippen molar-refractivity contribution in [1.29, 1.82) is 0 Å². The highest BCUT2D eigenvalue weighted by atomic mass is 32.2. The van der Waals surface area contributed by atoms with Gasteiger partial charge in [0.05, 0.1) is 4.90 Å². The number of hydrogen-bond donors (Lipinski definition) is 2. The number of esters is 1. The fraction of sp³-hybridized carbons (Fsp3) is 0.444. The second-order valence-corrected chi connectivity index (χ2v) is 8.17. The molecule has 164 valence electrons. The normalized spacial score (nSPS) is 13.8. The zero-order valence-electron chi connectivity index (χ0n) is 16.7. The number of urea groups is 1. The molecule has 0 radical (unpaired) electrons. The average Bonchev–Trinajstić information content (AvgIpc) is 3.17. The minimum Gasteiger partial charge on any atom is -0.454 e. The molecule has 1 aromatic rings. The van der Waals surface area contributed by atoms with E-state index in [2.05, 4.69) is 10.6 Å². The number of benzene rings is 1. The van der Waals surface area contributed by atoms with Gasteiger partial charge in [-0.2, -0.15) is 4.31 Å². The highest BCUT2D eigenvalue weighted by Crippen LogP contribution is 2.16. The van der Waals surface area contributed by atoms with E-state index in [4.69, 9.17) is 4.74 Å². The molecular formula is C18H24N4O7S. The molecule has 30 heavy (non-hydrogen) atoms. The molecule has 12 heteroatoms. The van der Waals surface area contributed by atoms with Gasteiger partial charge < -0.3 is 15.4 Å². The molecule has 1 aromatic carbocycles. The molecule has 2 rings (SSSR count). The van der Waals surface area contributed by atoms with E-state index in [9.17, 15) is 27.6 Å². The standard InChI is InChI=1S/C18H24N4O7S/c1-3-21(4-2)30(27,28)14-7-5-13(6-8-14)17(25)20-11-16(24)29-12-15(23)22-10-9-19-18(22)26/h5-8H,3-4,9-12H2,1-2H3,(H,19,26)(H,20,25). The van der Waals surface area contributed by atoms with E-state index in [1.165, 1.54) is 28.6 Å². The minimum absolute atomic E-state index is 0.0617. The van der Waals surface area contributed by atoms with Crippen LogP contribution >= 0.6 is 0 Å². The van der Waals surface area contributed by atoms with Crippen LogP contribution in [0.25, 0.3) is 0 Å². The number of nitrogens with one attached hydrogen (secondary N) is 2. The zero-order valence-corrected chi connectivity index (χ0v) is 17.5. The monoisotopic (exact) mass is 440 g/mol. The molecule has 1 fully saturated rings. The first-order valence-electron chi connectivity index (χ1n) is 9.33. The molecule has 1 aliphatic heterocycles. The van der Waals surface area contributed by atoms with Gasteiger partial charge in [-0.1, -0.05) is 13.8 Å². The van der Waals surface area contributed by atoms with Gasteiger partial charge >= 0.3 is 12.0 Å². The van der Waals surface area contributed by atoms with Crippen LogP contribution in [0.2, 0.25) is 0 Å². The molecule has 0 aliphatic carbocycles. The molecule has 0 atom stereocenters. The Labute approximate surface area is 174 Å². The summed E-state index contributed by atoms with van der Waals surface area (Å²) in [5, 5.41) is 4.78. The average molecular weight is 440 g/mol. The van der Waals surface area contributed by atoms with Crippen molar-refractivity contribution in [2.45, 2.75) is 18.7 Å². The van der Waals surface area contributed by atoms with E-state index in [1.807, 2.05) is 0 Å². The van der Waals surface area contributed by atoms with Gasteiger partial charge in [0.2, 0.25) is 10.0 Å². The number of ether oxygens (including phenoxy) is 1. The third kappa shape index (κ3) is 5.54. The van der Waals surface area contributed by atoms with Crippen molar-refractivity contribution in [3.8, 4) is 0 Å². The topological polar surface area (TPSA) is 142 Å². The van der Waals surface area contributed by atoms with Crippen molar-refractivity contribution in [1.82, 2.24) is 19.8 Å². The number of carbonyl (C=O) groups is 4. The van der Waals surface area contributed by atoms with E-state index in [0.717, 1.165) is 4.90 Å². The van der Waals surface area contributed by atoms with Crippen molar-refractivity contribution in [3.63, 3.8) is 0 Å². The summed E-state index contributed by atoms with van der Waals surface area (Å²) in [5.74, 6) is -2.12. The van der Waals surface area contributed by atoms with Crippen molar-refractivity contribution in [2.75, 3.05) is 39.3 Å². The summed E-state index contributed by atoms with van der Waals surface area (Å²) in [4.78, 5) is 48.0. The summed E-state index contributed by atoms with van der Waals surface area (Å²) >= 11 is 0. The Morgan fingerprint density at radius 3 is 2.33 bits per heavy atom. The minimum atomic E-state index is -3.63. The van der Waals surface area contributed by atoms with E-state index in [0.29, 0.717) is 19.6 Å². The summed E-state index contributed by atoms with van der Waals surface area (Å²) in [6.07, 6.45) is 0. The predicted molar refractivity (Wildman–Crippen MR) is 105 cm³/mol. The van der Waals surface area contributed by atoms with Gasteiger partial charge in [-0.25, -0.2) is 13.2 Å². The van der Waals surface area contributed by atoms with Crippen molar-refractivity contribution < 1.29 is 32.3 Å². The highest BCUT2D eigenvalue weighted by Gasteiger charge is 2.27. The summed E-state index contributed by atoms with van der Waals surface area (Å²) < 4.78 is 30.9. The SMILES string of the molecule is CCN(CC)S(=O)(=O)c1ccc(C(=O)NCC(=O)OCC(=O)N2CCNC2=O)cc1. The zero-order chi connectivity index (χ0) is 22.3. The Kier molecular flexibility index (Phi) is 7.89. The Hall–Kier alpha value is -2.99. The lowest BCUT2D eigenvalue weighted by atomic mass is 10.2. The molecule has 0 unspecified atom stereocenters. The van der Waals surface area contributed by atoms with Gasteiger partial charge in [0.15, 0.2) is 6.61 Å². The predicted octanol–water partition coefficient (Wildman–Crippen LogP) is -0.458. The maximum atomic E-state index is 12.4. The van der Waals surface area contributed by atoms with Gasteiger partial charge in [0.25, 0.3) is 11.8 Å². The number of carbonyl (C=O) groups excluding carboxylic acids is 4. The Morgan fingerprint density at radius 2 is 1.80 bits per heavy atom. The fourth-order valence-electron chi connectivity index (χ4n) is 2.73. The Morgan fingerprint density at radius 1 is 1.17 bits per heavy atom. The number of hydrogen-bond acceptors (Lipinski definition) is 7. The second kappa shape index (κ2) is 10.2. The number of imide groups is 1. The van der Waals surface area contributed by atoms with Crippen LogP contribution in [-0.2, 0) is 24.3 Å². The van der Waals surface area contributed by atoms with Crippen LogP contribution in [0, 0.1) is 0 Å². The van der Waals surface area contributed by atoms with Crippen LogP contribution in [0.5, 0.6) is 0 Å². The third-order valence-corrected chi connectivity index (χ3v) is 6.43. The summed E-state index contributed by atoms with van der Waals surface area (Å²) in [7, 11) is -3.63. The second-order valence-electron chi connectivity index (χ2n) is 6.23. The summed E-state index contributed by atoms with van der Waals surface area (Å²) in [5.41, 5.74) is 0.158. The first-order chi connectivity index (χ1) is 14.2. The molecular weight excluding hydrogens is 416 g/mol. The van der Waals surface area contributed by atoms with E-state index in [-0.39, 0.29) is 17.0 Å². The maximum Gasteiger partial charge on any atom is 0.325 e. The number of nitrogens with zero attached hydrogens (tertiary/aromatic N) is 2. The van der Waals surface area contributed by atoms with Crippen molar-refractivity contribution in [2.24, 2.45) is 0 Å². The summed E-state index contributed by atoms with van der Waals surface area (Å²) in [6, 6.07) is 4.77. The van der Waals surface area contributed by atoms with Crippen LogP contribution in [0.4, 0.5) is 4.79 Å². The largest absolute Gasteiger partial charge is 0.454 e. The first kappa shape index (κ1) is 23.3. The quantitative estimate of drug-likeness (QED) is 0.495. The molecule has 0 aromatic heterocycles. The van der Waals surface area contributed by atoms with Gasteiger partial charge in [-0.05, 0) is 24.3 Å². The lowest BCUT2D eigenvalue weighted by Crippen LogP contribution is -2.38. The highest BCUT2D eigenvalue weighted by molar-refractivity contribution is 7.89. The lowest BCUT2D eigenvalue weighted by molar-refractivity contribution is -0.149. The third-order valence-electron chi connectivity index (χ3n) is 4.37. The van der Waals surface area contributed by atoms with Crippen LogP contribution in [0.3, 0.4) is 0 Å². The Bertz CT molecular complexity index is 911. The van der Waals surface area contributed by atoms with Gasteiger partial charge in [-0.15, -0.1) is 0 Å². The van der Waals surface area contributed by atoms with Gasteiger partial charge in [0.1, 0.15) is 6.54 Å². The molecule has 11 nitrogen and oxygen atoms in total. The van der Waals surface area contributed by atoms with Gasteiger partial charge in [-0.3, -0.25) is 19.3 Å². The molecule has 1 heterocycles. The lowest BCUT2D eigenvalue weighted by Gasteiger charge is -2.18. The molecule has 0 spiro atoms. The van der Waals surface area contributed by atoms with Crippen LogP contribution in [0.15, 0.2) is 29.2 Å². The van der Waals surface area contributed by atoms with Crippen molar-refractivity contribution in [3.05, 3.63) is 29.8 Å². The smallest absolute Gasteiger partial charge is 0.325 e. The van der Waals surface area contributed by atoms with Crippen LogP contribution in [0.1, 0.15) is 24.2 Å². The number of sulfonamides is 1. The molecule has 0 bridgehead atoms. The maximum absolute atomic E-state index is 12.4. The number of amides is 4. The summed E-state index contributed by atoms with van der Waals surface area (Å²) in [6.45, 7) is 3.56. The van der Waals surface area contributed by atoms with Crippen LogP contribution in [-0.4, -0.2) is 80.8 Å². The van der Waals surface area contributed by atoms with Crippen molar-refractivity contribution >= 4 is 33.8 Å². The Balaban J connectivity index is 1.85. The molecule has 0 saturated carbocycles. The van der Waals surface area contributed by atoms with Crippen LogP contribution < -0.4 is 10.6 Å². The molecule has 2 N–H and O–H groups in total. The van der Waals surface area contributed by atoms with E-state index >= 15 is 0 Å². The first-order valence-corrected chi connectivity index (χ1v) is 10.8. The molecule has 1 saturated heterocycles. The van der Waals surface area contributed by atoms with Gasteiger partial charge in [0, 0.05) is 31.7 Å². The molecule has 1 aliphatic rings. The van der Waals surface area contributed by atoms with E-state index < -0.39 is 47.0 Å². The fourth-order valence-corrected chi connectivity index (χ4v) is 4.18. The van der Waals surface area contributed by atoms with E-state index in [1.54, 1.807) is 13.8 Å². The molecule has 4 amide bonds. The number of rotatable bonds is 9.